The molecule has 7 aliphatic rings. The predicted molar refractivity (Wildman–Crippen MR) is 131 cm³/mol. The van der Waals surface area contributed by atoms with Crippen LogP contribution in [-0.2, 0) is 38.8 Å². The van der Waals surface area contributed by atoms with Crippen molar-refractivity contribution in [3.8, 4) is 0 Å². The summed E-state index contributed by atoms with van der Waals surface area (Å²) in [6.07, 6.45) is -0.338. The molecule has 3 heterocycles. The van der Waals surface area contributed by atoms with Crippen molar-refractivity contribution in [1.29, 1.82) is 0 Å². The van der Waals surface area contributed by atoms with Crippen molar-refractivity contribution in [2.75, 3.05) is 0 Å². The van der Waals surface area contributed by atoms with Crippen molar-refractivity contribution >= 4 is 45.5 Å². The van der Waals surface area contributed by atoms with E-state index in [4.69, 9.17) is 14.0 Å². The molecule has 0 aromatic heterocycles. The van der Waals surface area contributed by atoms with Crippen molar-refractivity contribution in [2.45, 2.75) is 92.9 Å². The summed E-state index contributed by atoms with van der Waals surface area (Å²) in [7, 11) is -5.86. The number of rotatable bonds is 7. The summed E-state index contributed by atoms with van der Waals surface area (Å²) in [5.41, 5.74) is -0.788. The molecular weight excluding hydrogens is 560 g/mol. The van der Waals surface area contributed by atoms with E-state index in [0.29, 0.717) is 26.2 Å². The number of alkyl halides is 2. The van der Waals surface area contributed by atoms with Crippen molar-refractivity contribution in [3.05, 3.63) is 0 Å². The molecule has 39 heavy (non-hydrogen) atoms. The summed E-state index contributed by atoms with van der Waals surface area (Å²) >= 11 is 1.29. The summed E-state index contributed by atoms with van der Waals surface area (Å²) in [6.45, 7) is 4.25. The molecular formula is C25H31F2NO9S2. The van der Waals surface area contributed by atoms with Crippen molar-refractivity contribution < 1.29 is 50.4 Å². The number of halogens is 2. The highest BCUT2D eigenvalue weighted by Gasteiger charge is 2.73. The zero-order chi connectivity index (χ0) is 28.4. The molecule has 0 aromatic carbocycles. The Balaban J connectivity index is 1.27. The summed E-state index contributed by atoms with van der Waals surface area (Å²) in [5, 5.41) is -5.94. The van der Waals surface area contributed by atoms with Gasteiger partial charge < -0.3 is 14.4 Å². The minimum Gasteiger partial charge on any atom is -0.458 e. The van der Waals surface area contributed by atoms with Crippen LogP contribution in [0.5, 0.6) is 0 Å². The van der Waals surface area contributed by atoms with E-state index in [1.165, 1.54) is 11.8 Å². The van der Waals surface area contributed by atoms with Crippen molar-refractivity contribution in [3.63, 3.8) is 0 Å². The zero-order valence-electron chi connectivity index (χ0n) is 21.6. The summed E-state index contributed by atoms with van der Waals surface area (Å²) in [5.74, 6) is -3.95. The van der Waals surface area contributed by atoms with Gasteiger partial charge in [0.1, 0.15) is 11.9 Å². The second kappa shape index (κ2) is 8.60. The lowest BCUT2D eigenvalue weighted by molar-refractivity contribution is -0.184. The second-order valence-electron chi connectivity index (χ2n) is 12.5. The summed E-state index contributed by atoms with van der Waals surface area (Å²) < 4.78 is 70.5. The zero-order valence-corrected chi connectivity index (χ0v) is 23.3. The maximum Gasteiger partial charge on any atom is 0.405 e. The number of nitrogens with zero attached hydrogens (tertiary/aromatic N) is 1. The van der Waals surface area contributed by atoms with E-state index in [1.54, 1.807) is 18.7 Å². The Bertz CT molecular complexity index is 1240. The smallest absolute Gasteiger partial charge is 0.405 e. The van der Waals surface area contributed by atoms with Crippen molar-refractivity contribution in [1.82, 2.24) is 4.90 Å². The van der Waals surface area contributed by atoms with E-state index in [9.17, 15) is 36.4 Å². The molecule has 6 bridgehead atoms. The number of ether oxygens (including phenoxy) is 2. The summed E-state index contributed by atoms with van der Waals surface area (Å²) in [6, 6.07) is -0.789. The van der Waals surface area contributed by atoms with Crippen molar-refractivity contribution in [2.24, 2.45) is 35.0 Å². The molecule has 3 saturated heterocycles. The van der Waals surface area contributed by atoms with Gasteiger partial charge in [-0.2, -0.15) is 17.2 Å². The molecule has 0 aromatic rings. The van der Waals surface area contributed by atoms with Crippen LogP contribution < -0.4 is 0 Å². The summed E-state index contributed by atoms with van der Waals surface area (Å²) in [4.78, 5) is 54.7. The van der Waals surface area contributed by atoms with Gasteiger partial charge in [-0.15, -0.1) is 11.8 Å². The fourth-order valence-corrected chi connectivity index (χ4v) is 11.0. The first-order chi connectivity index (χ1) is 18.1. The molecule has 7 fully saturated rings. The molecule has 7 rings (SSSR count). The molecule has 1 amide bonds. The largest absolute Gasteiger partial charge is 0.458 e. The number of esters is 2. The minimum absolute atomic E-state index is 0.156. The van der Waals surface area contributed by atoms with Gasteiger partial charge in [-0.25, -0.2) is 0 Å². The van der Waals surface area contributed by atoms with Gasteiger partial charge in [0.25, 0.3) is 0 Å². The highest BCUT2D eigenvalue weighted by molar-refractivity contribution is 8.01. The standard InChI is InChI=1S/C25H31F2NO9S2/c1-9(2)28-16-18(37-23(32)24-6-11-4-12(7-24)17(29)13(5-11)8-24)20-15(14(21(28)30)19(16)38-20)22(31)36-10(3)25(26,27)39(33,34)35/h9-16,18-20H,4-8H2,1-3H3,(H,33,34,35). The third-order valence-electron chi connectivity index (χ3n) is 9.88. The number of carbonyl (C=O) groups excluding carboxylic acids is 4. The van der Waals surface area contributed by atoms with Crippen LogP contribution in [0.2, 0.25) is 0 Å². The fourth-order valence-electron chi connectivity index (χ4n) is 8.44. The Morgan fingerprint density at radius 1 is 1.10 bits per heavy atom. The van der Waals surface area contributed by atoms with Gasteiger partial charge in [-0.1, -0.05) is 0 Å². The quantitative estimate of drug-likeness (QED) is 0.345. The highest BCUT2D eigenvalue weighted by Crippen LogP contribution is 2.63. The number of thioether (sulfide) groups is 1. The van der Waals surface area contributed by atoms with E-state index in [2.05, 4.69) is 0 Å². The van der Waals surface area contributed by atoms with E-state index >= 15 is 0 Å². The van der Waals surface area contributed by atoms with Gasteiger partial charge in [-0.3, -0.25) is 23.7 Å². The van der Waals surface area contributed by atoms with Gasteiger partial charge >= 0.3 is 27.3 Å². The third-order valence-corrected chi connectivity index (χ3v) is 12.7. The Hall–Kier alpha value is -1.80. The number of likely N-dealkylation sites (tertiary alicyclic amines) is 1. The van der Waals surface area contributed by atoms with Gasteiger partial charge in [0.15, 0.2) is 6.10 Å². The molecule has 9 atom stereocenters. The average Bonchev–Trinajstić information content (AvgIpc) is 3.44. The van der Waals surface area contributed by atoms with Gasteiger partial charge in [0.05, 0.1) is 28.5 Å². The van der Waals surface area contributed by atoms with Crippen LogP contribution in [0.15, 0.2) is 0 Å². The van der Waals surface area contributed by atoms with E-state index < -0.39 is 73.3 Å². The number of hydrogen-bond donors (Lipinski definition) is 1. The normalized spacial score (nSPS) is 42.9. The van der Waals surface area contributed by atoms with Gasteiger partial charge in [0, 0.05) is 23.1 Å². The molecule has 216 valence electrons. The average molecular weight is 592 g/mol. The van der Waals surface area contributed by atoms with Crippen LogP contribution in [0, 0.1) is 35.0 Å². The molecule has 9 unspecified atom stereocenters. The molecule has 14 heteroatoms. The third kappa shape index (κ3) is 3.75. The molecule has 4 saturated carbocycles. The van der Waals surface area contributed by atoms with E-state index in [-0.39, 0.29) is 35.5 Å². The molecule has 0 spiro atoms. The van der Waals surface area contributed by atoms with Crippen LogP contribution in [0.3, 0.4) is 0 Å². The molecule has 0 radical (unpaired) electrons. The van der Waals surface area contributed by atoms with E-state index in [1.807, 2.05) is 0 Å². The first kappa shape index (κ1) is 27.4. The maximum atomic E-state index is 14.1. The SMILES string of the molecule is CC(C)N1C(=O)C2C3SC(C(OC(=O)C45CC6CC(C4)C(=O)C(C6)C5)C31)C2C(=O)OC(C)C(F)(F)S(=O)(=O)O. The monoisotopic (exact) mass is 591 g/mol. The number of fused-ring (bicyclic) bond motifs is 1. The minimum atomic E-state index is -5.86. The molecule has 1 N–H and O–H groups in total. The second-order valence-corrected chi connectivity index (χ2v) is 15.3. The number of carbonyl (C=O) groups is 4. The lowest BCUT2D eigenvalue weighted by Gasteiger charge is -2.54. The Labute approximate surface area is 228 Å². The van der Waals surface area contributed by atoms with Crippen LogP contribution in [0.1, 0.15) is 52.9 Å². The lowest BCUT2D eigenvalue weighted by Crippen LogP contribution is -2.57. The first-order valence-electron chi connectivity index (χ1n) is 13.3. The number of ketones is 1. The molecule has 10 nitrogen and oxygen atoms in total. The Morgan fingerprint density at radius 3 is 2.28 bits per heavy atom. The van der Waals surface area contributed by atoms with Crippen LogP contribution >= 0.6 is 11.8 Å². The number of Topliss-reactive ketones (excluding diaryl/α,β-unsaturated/α-hetero) is 1. The lowest BCUT2D eigenvalue weighted by atomic mass is 9.49. The number of hydrogen-bond acceptors (Lipinski definition) is 9. The van der Waals surface area contributed by atoms with Crippen LogP contribution in [0.4, 0.5) is 8.78 Å². The fraction of sp³-hybridized carbons (Fsp3) is 0.840. The van der Waals surface area contributed by atoms with Gasteiger partial charge in [0.2, 0.25) is 5.91 Å². The van der Waals surface area contributed by atoms with Gasteiger partial charge in [-0.05, 0) is 58.8 Å². The topological polar surface area (TPSA) is 144 Å². The molecule has 3 aliphatic heterocycles. The Morgan fingerprint density at radius 2 is 1.72 bits per heavy atom. The highest BCUT2D eigenvalue weighted by atomic mass is 32.2. The Kier molecular flexibility index (Phi) is 6.04. The number of amides is 1. The molecule has 4 aliphatic carbocycles. The maximum absolute atomic E-state index is 14.1. The first-order valence-corrected chi connectivity index (χ1v) is 15.7. The predicted octanol–water partition coefficient (Wildman–Crippen LogP) is 2.06. The van der Waals surface area contributed by atoms with E-state index in [0.717, 1.165) is 12.8 Å². The van der Waals surface area contributed by atoms with Crippen LogP contribution in [-0.4, -0.2) is 81.5 Å². The van der Waals surface area contributed by atoms with Crippen LogP contribution in [0.25, 0.3) is 0 Å².